The maximum atomic E-state index is 12.6. The lowest BCUT2D eigenvalue weighted by molar-refractivity contribution is -0.140. The summed E-state index contributed by atoms with van der Waals surface area (Å²) in [6.07, 6.45) is 3.62. The fraction of sp³-hybridized carbons (Fsp3) is 0.571. The van der Waals surface area contributed by atoms with E-state index in [-0.39, 0.29) is 42.5 Å². The number of morpholine rings is 1. The topological polar surface area (TPSA) is 79.0 Å². The Hall–Kier alpha value is -2.12. The first kappa shape index (κ1) is 20.2. The number of amides is 3. The number of hydrogen-bond acceptors (Lipinski definition) is 5. The number of nitrogens with zero attached hydrogens (tertiary/aromatic N) is 2. The van der Waals surface area contributed by atoms with Gasteiger partial charge in [-0.15, -0.1) is 0 Å². The molecule has 2 saturated heterocycles. The minimum absolute atomic E-state index is 0.0754. The second-order valence-corrected chi connectivity index (χ2v) is 8.27. The Kier molecular flexibility index (Phi) is 6.06. The maximum absolute atomic E-state index is 12.6. The minimum atomic E-state index is -0.239. The minimum Gasteiger partial charge on any atom is -0.378 e. The highest BCUT2D eigenvalue weighted by Crippen LogP contribution is 2.38. The lowest BCUT2D eigenvalue weighted by Gasteiger charge is -2.31. The van der Waals surface area contributed by atoms with E-state index in [1.54, 1.807) is 12.1 Å². The number of fused-ring (bicyclic) bond motifs is 1. The van der Waals surface area contributed by atoms with Crippen LogP contribution in [0.5, 0.6) is 0 Å². The molecule has 2 atom stereocenters. The predicted molar refractivity (Wildman–Crippen MR) is 110 cm³/mol. The molecule has 8 heteroatoms. The molecule has 1 aliphatic carbocycles. The molecule has 3 fully saturated rings. The van der Waals surface area contributed by atoms with E-state index in [2.05, 4.69) is 10.2 Å². The molecule has 2 heterocycles. The smallest absolute Gasteiger partial charge is 0.233 e. The first-order chi connectivity index (χ1) is 14.1. The van der Waals surface area contributed by atoms with Crippen LogP contribution in [0.1, 0.15) is 32.1 Å². The third kappa shape index (κ3) is 4.12. The van der Waals surface area contributed by atoms with Crippen LogP contribution in [-0.4, -0.2) is 55.5 Å². The molecular weight excluding hydrogens is 394 g/mol. The molecule has 1 N–H and O–H groups in total. The molecule has 1 aromatic carbocycles. The van der Waals surface area contributed by atoms with Crippen molar-refractivity contribution in [3.63, 3.8) is 0 Å². The second-order valence-electron chi connectivity index (χ2n) is 7.86. The van der Waals surface area contributed by atoms with Gasteiger partial charge in [0.1, 0.15) is 0 Å². The Labute approximate surface area is 175 Å². The van der Waals surface area contributed by atoms with Gasteiger partial charge in [0.25, 0.3) is 0 Å². The molecule has 2 aliphatic heterocycles. The summed E-state index contributed by atoms with van der Waals surface area (Å²) in [4.78, 5) is 41.1. The SMILES string of the molecule is O=C(CCN1C(=O)[C@H]2CCCC[C@@H]2C1=O)Nc1cccc(Cl)c1N1CCOCC1. The van der Waals surface area contributed by atoms with Gasteiger partial charge in [0.05, 0.1) is 41.4 Å². The van der Waals surface area contributed by atoms with Gasteiger partial charge in [0.2, 0.25) is 17.7 Å². The molecule has 0 spiro atoms. The summed E-state index contributed by atoms with van der Waals surface area (Å²) in [5, 5.41) is 3.48. The summed E-state index contributed by atoms with van der Waals surface area (Å²) >= 11 is 6.40. The molecule has 0 bridgehead atoms. The molecule has 29 heavy (non-hydrogen) atoms. The van der Waals surface area contributed by atoms with Crippen molar-refractivity contribution >= 4 is 40.7 Å². The largest absolute Gasteiger partial charge is 0.378 e. The number of para-hydroxylation sites is 1. The van der Waals surface area contributed by atoms with Gasteiger partial charge < -0.3 is 15.0 Å². The van der Waals surface area contributed by atoms with Crippen LogP contribution >= 0.6 is 11.6 Å². The molecule has 0 radical (unpaired) electrons. The van der Waals surface area contributed by atoms with E-state index < -0.39 is 0 Å². The average molecular weight is 420 g/mol. The van der Waals surface area contributed by atoms with Crippen LogP contribution in [0.3, 0.4) is 0 Å². The van der Waals surface area contributed by atoms with E-state index in [0.29, 0.717) is 37.0 Å². The van der Waals surface area contributed by atoms with Crippen molar-refractivity contribution in [2.24, 2.45) is 11.8 Å². The summed E-state index contributed by atoms with van der Waals surface area (Å²) in [7, 11) is 0. The van der Waals surface area contributed by atoms with Crippen LogP contribution < -0.4 is 10.2 Å². The van der Waals surface area contributed by atoms with Crippen molar-refractivity contribution in [3.8, 4) is 0 Å². The maximum Gasteiger partial charge on any atom is 0.233 e. The van der Waals surface area contributed by atoms with Crippen molar-refractivity contribution in [3.05, 3.63) is 23.2 Å². The Balaban J connectivity index is 1.40. The van der Waals surface area contributed by atoms with Gasteiger partial charge in [-0.1, -0.05) is 30.5 Å². The summed E-state index contributed by atoms with van der Waals surface area (Å²) in [5.41, 5.74) is 1.42. The molecule has 0 unspecified atom stereocenters. The Morgan fingerprint density at radius 2 is 1.76 bits per heavy atom. The average Bonchev–Trinajstić information content (AvgIpc) is 2.98. The van der Waals surface area contributed by atoms with Gasteiger partial charge in [0.15, 0.2) is 0 Å². The molecule has 1 aromatic rings. The lowest BCUT2D eigenvalue weighted by Crippen LogP contribution is -2.37. The van der Waals surface area contributed by atoms with Crippen molar-refractivity contribution < 1.29 is 19.1 Å². The Bertz CT molecular complexity index is 785. The van der Waals surface area contributed by atoms with Crippen LogP contribution in [0, 0.1) is 11.8 Å². The Morgan fingerprint density at radius 3 is 2.41 bits per heavy atom. The number of carbonyl (C=O) groups is 3. The highest BCUT2D eigenvalue weighted by atomic mass is 35.5. The first-order valence-electron chi connectivity index (χ1n) is 10.3. The lowest BCUT2D eigenvalue weighted by atomic mass is 9.81. The zero-order valence-corrected chi connectivity index (χ0v) is 17.1. The van der Waals surface area contributed by atoms with Gasteiger partial charge in [-0.25, -0.2) is 0 Å². The van der Waals surface area contributed by atoms with Crippen molar-refractivity contribution in [1.29, 1.82) is 0 Å². The number of imide groups is 1. The Morgan fingerprint density at radius 1 is 1.10 bits per heavy atom. The third-order valence-corrected chi connectivity index (χ3v) is 6.39. The van der Waals surface area contributed by atoms with Gasteiger partial charge in [-0.3, -0.25) is 19.3 Å². The van der Waals surface area contributed by atoms with Crippen LogP contribution in [0.4, 0.5) is 11.4 Å². The standard InChI is InChI=1S/C21H26ClN3O4/c22-16-6-3-7-17(19(16)24-10-12-29-13-11-24)23-18(26)8-9-25-20(27)14-4-1-2-5-15(14)21(25)28/h3,6-7,14-15H,1-2,4-5,8-13H2,(H,23,26)/t14-,15-/m0/s1. The highest BCUT2D eigenvalue weighted by Gasteiger charge is 2.47. The molecule has 4 rings (SSSR count). The molecule has 156 valence electrons. The van der Waals surface area contributed by atoms with Crippen molar-refractivity contribution in [1.82, 2.24) is 4.90 Å². The number of likely N-dealkylation sites (tertiary alicyclic amines) is 1. The van der Waals surface area contributed by atoms with E-state index in [4.69, 9.17) is 16.3 Å². The van der Waals surface area contributed by atoms with E-state index >= 15 is 0 Å². The zero-order valence-electron chi connectivity index (χ0n) is 16.4. The molecule has 0 aromatic heterocycles. The molecule has 3 aliphatic rings. The molecule has 3 amide bonds. The van der Waals surface area contributed by atoms with Crippen LogP contribution in [-0.2, 0) is 19.1 Å². The summed E-state index contributed by atoms with van der Waals surface area (Å²) in [6, 6.07) is 5.40. The van der Waals surface area contributed by atoms with Crippen LogP contribution in [0.2, 0.25) is 5.02 Å². The third-order valence-electron chi connectivity index (χ3n) is 6.08. The summed E-state index contributed by atoms with van der Waals surface area (Å²) in [5.74, 6) is -0.814. The molecular formula is C21H26ClN3O4. The van der Waals surface area contributed by atoms with Gasteiger partial charge in [0, 0.05) is 26.1 Å². The number of rotatable bonds is 5. The fourth-order valence-electron chi connectivity index (χ4n) is 4.60. The zero-order chi connectivity index (χ0) is 20.4. The highest BCUT2D eigenvalue weighted by molar-refractivity contribution is 6.34. The first-order valence-corrected chi connectivity index (χ1v) is 10.7. The van der Waals surface area contributed by atoms with Crippen molar-refractivity contribution in [2.45, 2.75) is 32.1 Å². The van der Waals surface area contributed by atoms with Crippen molar-refractivity contribution in [2.75, 3.05) is 43.1 Å². The number of carbonyl (C=O) groups excluding carboxylic acids is 3. The van der Waals surface area contributed by atoms with E-state index in [1.807, 2.05) is 6.07 Å². The van der Waals surface area contributed by atoms with Gasteiger partial charge in [-0.05, 0) is 25.0 Å². The summed E-state index contributed by atoms with van der Waals surface area (Å²) < 4.78 is 5.40. The number of hydrogen-bond donors (Lipinski definition) is 1. The van der Waals surface area contributed by atoms with E-state index in [0.717, 1.165) is 31.4 Å². The van der Waals surface area contributed by atoms with E-state index in [1.165, 1.54) is 4.90 Å². The van der Waals surface area contributed by atoms with Gasteiger partial charge in [-0.2, -0.15) is 0 Å². The van der Waals surface area contributed by atoms with Gasteiger partial charge >= 0.3 is 0 Å². The number of halogens is 1. The number of anilines is 2. The normalized spacial score (nSPS) is 24.6. The molecule has 7 nitrogen and oxygen atoms in total. The number of ether oxygens (including phenoxy) is 1. The molecule has 1 saturated carbocycles. The predicted octanol–water partition coefficient (Wildman–Crippen LogP) is 2.68. The monoisotopic (exact) mass is 419 g/mol. The van der Waals surface area contributed by atoms with Crippen LogP contribution in [0.15, 0.2) is 18.2 Å². The quantitative estimate of drug-likeness (QED) is 0.742. The number of benzene rings is 1. The number of nitrogens with one attached hydrogen (secondary N) is 1. The van der Waals surface area contributed by atoms with E-state index in [9.17, 15) is 14.4 Å². The fourth-order valence-corrected chi connectivity index (χ4v) is 4.90. The second kappa shape index (κ2) is 8.71. The van der Waals surface area contributed by atoms with Crippen LogP contribution in [0.25, 0.3) is 0 Å². The summed E-state index contributed by atoms with van der Waals surface area (Å²) in [6.45, 7) is 2.75.